The van der Waals surface area contributed by atoms with E-state index in [-0.39, 0.29) is 30.9 Å². The van der Waals surface area contributed by atoms with Crippen molar-refractivity contribution in [2.45, 2.75) is 19.5 Å². The molecule has 0 fully saturated rings. The van der Waals surface area contributed by atoms with Crippen molar-refractivity contribution in [3.63, 3.8) is 0 Å². The zero-order valence-electron chi connectivity index (χ0n) is 16.7. The number of rotatable bonds is 6. The topological polar surface area (TPSA) is 87.3 Å². The lowest BCUT2D eigenvalue weighted by atomic mass is 10.1. The quantitative estimate of drug-likeness (QED) is 0.397. The third-order valence-electron chi connectivity index (χ3n) is 4.33. The number of fused-ring (bicyclic) bond motifs is 1. The monoisotopic (exact) mass is 443 g/mol. The number of aromatic nitrogens is 3. The first-order chi connectivity index (χ1) is 15.3. The van der Waals surface area contributed by atoms with Crippen molar-refractivity contribution in [1.29, 1.82) is 0 Å². The number of halogens is 3. The molecule has 4 aromatic rings. The highest BCUT2D eigenvalue weighted by Gasteiger charge is 2.30. The SMILES string of the molecule is CCOc1nc(Cc2cccc(C(F)(F)F)c2)nc(Oc2ccc3ccc(=O)oc3c2)n1. The largest absolute Gasteiger partial charge is 0.464 e. The number of alkyl halides is 3. The van der Waals surface area contributed by atoms with E-state index in [1.54, 1.807) is 31.2 Å². The summed E-state index contributed by atoms with van der Waals surface area (Å²) >= 11 is 0. The van der Waals surface area contributed by atoms with E-state index in [0.29, 0.717) is 22.3 Å². The van der Waals surface area contributed by atoms with Gasteiger partial charge in [-0.1, -0.05) is 18.2 Å². The first kappa shape index (κ1) is 21.3. The van der Waals surface area contributed by atoms with E-state index in [1.165, 1.54) is 18.2 Å². The Bertz CT molecular complexity index is 1320. The van der Waals surface area contributed by atoms with Crippen molar-refractivity contribution in [3.8, 4) is 17.8 Å². The third-order valence-corrected chi connectivity index (χ3v) is 4.33. The Hall–Kier alpha value is -3.95. The van der Waals surface area contributed by atoms with E-state index in [2.05, 4.69) is 15.0 Å². The van der Waals surface area contributed by atoms with Gasteiger partial charge >= 0.3 is 23.8 Å². The van der Waals surface area contributed by atoms with Gasteiger partial charge < -0.3 is 13.9 Å². The molecule has 0 saturated heterocycles. The van der Waals surface area contributed by atoms with Gasteiger partial charge in [-0.3, -0.25) is 0 Å². The number of benzene rings is 2. The maximum absolute atomic E-state index is 13.0. The lowest BCUT2D eigenvalue weighted by molar-refractivity contribution is -0.137. The lowest BCUT2D eigenvalue weighted by Gasteiger charge is -2.10. The van der Waals surface area contributed by atoms with Crippen molar-refractivity contribution in [1.82, 2.24) is 15.0 Å². The zero-order chi connectivity index (χ0) is 22.7. The van der Waals surface area contributed by atoms with Gasteiger partial charge in [0.1, 0.15) is 17.2 Å². The van der Waals surface area contributed by atoms with Crippen molar-refractivity contribution in [3.05, 3.63) is 82.0 Å². The molecule has 0 spiro atoms. The first-order valence-corrected chi connectivity index (χ1v) is 9.56. The van der Waals surface area contributed by atoms with Gasteiger partial charge in [-0.25, -0.2) is 4.79 Å². The van der Waals surface area contributed by atoms with Crippen LogP contribution in [0.3, 0.4) is 0 Å². The second-order valence-corrected chi connectivity index (χ2v) is 6.68. The molecule has 0 aliphatic carbocycles. The van der Waals surface area contributed by atoms with Crippen molar-refractivity contribution >= 4 is 11.0 Å². The van der Waals surface area contributed by atoms with Crippen LogP contribution in [-0.2, 0) is 12.6 Å². The molecule has 2 aromatic heterocycles. The van der Waals surface area contributed by atoms with Gasteiger partial charge in [0.2, 0.25) is 0 Å². The van der Waals surface area contributed by atoms with Gasteiger partial charge in [0.15, 0.2) is 0 Å². The summed E-state index contributed by atoms with van der Waals surface area (Å²) in [4.78, 5) is 23.9. The predicted octanol–water partition coefficient (Wildman–Crippen LogP) is 4.78. The highest BCUT2D eigenvalue weighted by atomic mass is 19.4. The van der Waals surface area contributed by atoms with Crippen LogP contribution >= 0.6 is 0 Å². The Labute approximate surface area is 179 Å². The summed E-state index contributed by atoms with van der Waals surface area (Å²) in [5.74, 6) is 0.468. The maximum Gasteiger partial charge on any atom is 0.416 e. The number of hydrogen-bond acceptors (Lipinski definition) is 7. The Kier molecular flexibility index (Phi) is 5.76. The number of hydrogen-bond donors (Lipinski definition) is 0. The van der Waals surface area contributed by atoms with Gasteiger partial charge in [-0.2, -0.15) is 23.1 Å². The van der Waals surface area contributed by atoms with Gasteiger partial charge in [0.25, 0.3) is 0 Å². The molecular weight excluding hydrogens is 427 g/mol. The lowest BCUT2D eigenvalue weighted by Crippen LogP contribution is -2.08. The summed E-state index contributed by atoms with van der Waals surface area (Å²) < 4.78 is 55.2. The van der Waals surface area contributed by atoms with E-state index in [1.807, 2.05) is 0 Å². The predicted molar refractivity (Wildman–Crippen MR) is 108 cm³/mol. The maximum atomic E-state index is 13.0. The summed E-state index contributed by atoms with van der Waals surface area (Å²) in [5.41, 5.74) is -0.579. The standard InChI is InChI=1S/C22H16F3N3O4/c1-2-30-20-26-18(11-13-4-3-5-15(10-13)22(23,24)25)27-21(28-20)31-16-8-6-14-7-9-19(29)32-17(14)12-16/h3-10,12H,2,11H2,1H3. The van der Waals surface area contributed by atoms with Crippen LogP contribution in [0.4, 0.5) is 13.2 Å². The molecule has 0 bridgehead atoms. The van der Waals surface area contributed by atoms with E-state index < -0.39 is 17.4 Å². The van der Waals surface area contributed by atoms with Gasteiger partial charge in [0.05, 0.1) is 12.2 Å². The average Bonchev–Trinajstić information content (AvgIpc) is 2.73. The molecule has 0 atom stereocenters. The normalized spacial score (nSPS) is 11.5. The molecule has 7 nitrogen and oxygen atoms in total. The second kappa shape index (κ2) is 8.66. The first-order valence-electron chi connectivity index (χ1n) is 9.56. The van der Waals surface area contributed by atoms with Crippen LogP contribution in [0.5, 0.6) is 17.8 Å². The van der Waals surface area contributed by atoms with Crippen LogP contribution in [0.25, 0.3) is 11.0 Å². The Morgan fingerprint density at radius 1 is 0.969 bits per heavy atom. The second-order valence-electron chi connectivity index (χ2n) is 6.68. The van der Waals surface area contributed by atoms with E-state index in [9.17, 15) is 18.0 Å². The molecule has 0 saturated carbocycles. The summed E-state index contributed by atoms with van der Waals surface area (Å²) in [6.07, 6.45) is -4.44. The van der Waals surface area contributed by atoms with Crippen LogP contribution < -0.4 is 15.1 Å². The highest BCUT2D eigenvalue weighted by molar-refractivity contribution is 5.77. The average molecular weight is 443 g/mol. The van der Waals surface area contributed by atoms with Crippen LogP contribution in [0.1, 0.15) is 23.9 Å². The minimum atomic E-state index is -4.45. The molecule has 2 aromatic carbocycles. The summed E-state index contributed by atoms with van der Waals surface area (Å²) in [5, 5.41) is 0.702. The van der Waals surface area contributed by atoms with E-state index in [4.69, 9.17) is 13.9 Å². The Morgan fingerprint density at radius 3 is 2.53 bits per heavy atom. The molecule has 0 aliphatic rings. The molecule has 0 aliphatic heterocycles. The number of nitrogens with zero attached hydrogens (tertiary/aromatic N) is 3. The number of ether oxygens (including phenoxy) is 2. The molecule has 2 heterocycles. The minimum absolute atomic E-state index is 0.00939. The van der Waals surface area contributed by atoms with E-state index >= 15 is 0 Å². The van der Waals surface area contributed by atoms with Gasteiger partial charge in [0, 0.05) is 23.9 Å². The van der Waals surface area contributed by atoms with Gasteiger partial charge in [-0.15, -0.1) is 4.98 Å². The molecule has 32 heavy (non-hydrogen) atoms. The molecule has 0 unspecified atom stereocenters. The molecule has 164 valence electrons. The molecule has 10 heteroatoms. The van der Waals surface area contributed by atoms with Gasteiger partial charge in [-0.05, 0) is 36.8 Å². The van der Waals surface area contributed by atoms with Crippen molar-refractivity contribution in [2.75, 3.05) is 6.61 Å². The van der Waals surface area contributed by atoms with Crippen LogP contribution in [0, 0.1) is 0 Å². The Morgan fingerprint density at radius 2 is 1.75 bits per heavy atom. The Balaban J connectivity index is 1.64. The van der Waals surface area contributed by atoms with E-state index in [0.717, 1.165) is 12.1 Å². The fourth-order valence-electron chi connectivity index (χ4n) is 2.95. The molecular formula is C22H16F3N3O4. The van der Waals surface area contributed by atoms with Crippen LogP contribution in [-0.4, -0.2) is 21.6 Å². The fourth-order valence-corrected chi connectivity index (χ4v) is 2.95. The summed E-state index contributed by atoms with van der Waals surface area (Å²) in [6, 6.07) is 12.5. The highest BCUT2D eigenvalue weighted by Crippen LogP contribution is 2.30. The smallest absolute Gasteiger partial charge is 0.416 e. The third kappa shape index (κ3) is 5.02. The van der Waals surface area contributed by atoms with Crippen molar-refractivity contribution < 1.29 is 27.1 Å². The molecule has 4 rings (SSSR count). The van der Waals surface area contributed by atoms with Crippen LogP contribution in [0.15, 0.2) is 63.8 Å². The van der Waals surface area contributed by atoms with Crippen LogP contribution in [0.2, 0.25) is 0 Å². The summed E-state index contributed by atoms with van der Waals surface area (Å²) in [7, 11) is 0. The minimum Gasteiger partial charge on any atom is -0.464 e. The zero-order valence-corrected chi connectivity index (χ0v) is 16.7. The van der Waals surface area contributed by atoms with Crippen molar-refractivity contribution in [2.24, 2.45) is 0 Å². The molecule has 0 N–H and O–H groups in total. The molecule has 0 amide bonds. The molecule has 0 radical (unpaired) electrons. The summed E-state index contributed by atoms with van der Waals surface area (Å²) in [6.45, 7) is 2.01. The fraction of sp³-hybridized carbons (Fsp3) is 0.182.